The van der Waals surface area contributed by atoms with Crippen LogP contribution in [0, 0.1) is 0 Å². The molecule has 90 valence electrons. The number of halogens is 2. The van der Waals surface area contributed by atoms with Crippen molar-refractivity contribution in [3.05, 3.63) is 29.8 Å². The molecule has 0 aliphatic heterocycles. The van der Waals surface area contributed by atoms with Gasteiger partial charge in [0.25, 0.3) is 5.92 Å². The summed E-state index contributed by atoms with van der Waals surface area (Å²) in [5.74, 6) is -2.39. The Kier molecular flexibility index (Phi) is 3.53. The first-order valence-electron chi connectivity index (χ1n) is 5.08. The summed E-state index contributed by atoms with van der Waals surface area (Å²) in [6.45, 7) is 3.97. The van der Waals surface area contributed by atoms with Gasteiger partial charge in [0.1, 0.15) is 5.75 Å². The highest BCUT2D eigenvalue weighted by atomic mass is 19.3. The summed E-state index contributed by atoms with van der Waals surface area (Å²) in [6, 6.07) is 6.86. The fraction of sp³-hybridized carbons (Fsp3) is 0.500. The van der Waals surface area contributed by atoms with Crippen molar-refractivity contribution in [2.24, 2.45) is 5.73 Å². The van der Waals surface area contributed by atoms with E-state index in [9.17, 15) is 8.78 Å². The van der Waals surface area contributed by atoms with E-state index < -0.39 is 18.1 Å². The Labute approximate surface area is 94.4 Å². The number of hydrogen-bond donors (Lipinski definition) is 1. The van der Waals surface area contributed by atoms with Crippen LogP contribution in [0.5, 0.6) is 5.75 Å². The maximum absolute atomic E-state index is 12.5. The number of benzene rings is 1. The van der Waals surface area contributed by atoms with Gasteiger partial charge in [0.05, 0.1) is 0 Å². The lowest BCUT2D eigenvalue weighted by Crippen LogP contribution is -2.28. The normalized spacial score (nSPS) is 12.6. The largest absolute Gasteiger partial charge is 0.487 e. The molecular weight excluding hydrogens is 212 g/mol. The molecular formula is C12H17F2NO. The van der Waals surface area contributed by atoms with E-state index in [4.69, 9.17) is 10.5 Å². The van der Waals surface area contributed by atoms with Crippen molar-refractivity contribution in [1.29, 1.82) is 0 Å². The van der Waals surface area contributed by atoms with Crippen LogP contribution >= 0.6 is 0 Å². The van der Waals surface area contributed by atoms with Crippen LogP contribution < -0.4 is 10.5 Å². The summed E-state index contributed by atoms with van der Waals surface area (Å²) >= 11 is 0. The van der Waals surface area contributed by atoms with Gasteiger partial charge in [-0.15, -0.1) is 0 Å². The molecule has 0 radical (unpaired) electrons. The molecule has 0 aliphatic carbocycles. The second-order valence-corrected chi connectivity index (χ2v) is 4.60. The summed E-state index contributed by atoms with van der Waals surface area (Å²) in [5, 5.41) is 0. The number of rotatable bonds is 4. The minimum atomic E-state index is -2.81. The van der Waals surface area contributed by atoms with Crippen molar-refractivity contribution in [3.63, 3.8) is 0 Å². The van der Waals surface area contributed by atoms with E-state index in [0.717, 1.165) is 12.5 Å². The molecule has 0 aromatic heterocycles. The zero-order valence-corrected chi connectivity index (χ0v) is 9.76. The minimum absolute atomic E-state index is 0.425. The van der Waals surface area contributed by atoms with E-state index in [2.05, 4.69) is 0 Å². The van der Waals surface area contributed by atoms with E-state index >= 15 is 0 Å². The van der Waals surface area contributed by atoms with Gasteiger partial charge < -0.3 is 10.5 Å². The van der Waals surface area contributed by atoms with Gasteiger partial charge in [-0.1, -0.05) is 12.1 Å². The topological polar surface area (TPSA) is 35.2 Å². The molecule has 0 saturated carbocycles. The van der Waals surface area contributed by atoms with E-state index in [0.29, 0.717) is 5.75 Å². The van der Waals surface area contributed by atoms with Crippen LogP contribution in [0.1, 0.15) is 26.3 Å². The van der Waals surface area contributed by atoms with Gasteiger partial charge >= 0.3 is 0 Å². The number of alkyl halides is 2. The SMILES string of the molecule is CC(F)(F)COc1ccc(C(C)(C)N)cc1. The molecule has 0 unspecified atom stereocenters. The van der Waals surface area contributed by atoms with Gasteiger partial charge in [-0.25, -0.2) is 8.78 Å². The summed E-state index contributed by atoms with van der Waals surface area (Å²) in [5.41, 5.74) is 6.39. The standard InChI is InChI=1S/C12H17F2NO/c1-11(2,15)9-4-6-10(7-5-9)16-8-12(3,13)14/h4-7H,8,15H2,1-3H3. The molecule has 2 nitrogen and oxygen atoms in total. The first-order valence-corrected chi connectivity index (χ1v) is 5.08. The molecule has 0 fully saturated rings. The van der Waals surface area contributed by atoms with Gasteiger partial charge in [0.15, 0.2) is 6.61 Å². The highest BCUT2D eigenvalue weighted by Gasteiger charge is 2.22. The Morgan fingerprint density at radius 3 is 2.00 bits per heavy atom. The molecule has 2 N–H and O–H groups in total. The lowest BCUT2D eigenvalue weighted by molar-refractivity contribution is -0.0229. The Morgan fingerprint density at radius 2 is 1.62 bits per heavy atom. The first kappa shape index (κ1) is 12.9. The molecule has 0 amide bonds. The number of ether oxygens (including phenoxy) is 1. The molecule has 0 aliphatic rings. The average Bonchev–Trinajstić information content (AvgIpc) is 2.13. The van der Waals surface area contributed by atoms with Gasteiger partial charge in [0.2, 0.25) is 0 Å². The highest BCUT2D eigenvalue weighted by molar-refractivity contribution is 5.30. The minimum Gasteiger partial charge on any atom is -0.487 e. The molecule has 1 aromatic carbocycles. The van der Waals surface area contributed by atoms with Gasteiger partial charge in [-0.05, 0) is 31.5 Å². The molecule has 16 heavy (non-hydrogen) atoms. The van der Waals surface area contributed by atoms with Crippen LogP contribution in [-0.2, 0) is 5.54 Å². The van der Waals surface area contributed by atoms with E-state index in [1.165, 1.54) is 0 Å². The fourth-order valence-corrected chi connectivity index (χ4v) is 1.19. The summed E-state index contributed by atoms with van der Waals surface area (Å²) < 4.78 is 30.0. The third kappa shape index (κ3) is 4.14. The van der Waals surface area contributed by atoms with E-state index in [1.54, 1.807) is 24.3 Å². The number of hydrogen-bond acceptors (Lipinski definition) is 2. The van der Waals surface area contributed by atoms with Crippen molar-refractivity contribution < 1.29 is 13.5 Å². The van der Waals surface area contributed by atoms with Gasteiger partial charge in [0, 0.05) is 12.5 Å². The van der Waals surface area contributed by atoms with Crippen LogP contribution in [0.4, 0.5) is 8.78 Å². The summed E-state index contributed by atoms with van der Waals surface area (Å²) in [7, 11) is 0. The third-order valence-corrected chi connectivity index (χ3v) is 2.09. The predicted molar refractivity (Wildman–Crippen MR) is 59.8 cm³/mol. The lowest BCUT2D eigenvalue weighted by atomic mass is 9.96. The molecule has 1 aromatic rings. The van der Waals surface area contributed by atoms with Gasteiger partial charge in [-0.3, -0.25) is 0 Å². The third-order valence-electron chi connectivity index (χ3n) is 2.09. The van der Waals surface area contributed by atoms with Crippen molar-refractivity contribution in [2.75, 3.05) is 6.61 Å². The molecule has 0 saturated heterocycles. The van der Waals surface area contributed by atoms with Gasteiger partial charge in [-0.2, -0.15) is 0 Å². The Hall–Kier alpha value is -1.16. The zero-order valence-electron chi connectivity index (χ0n) is 9.76. The smallest absolute Gasteiger partial charge is 0.278 e. The molecule has 1 rings (SSSR count). The van der Waals surface area contributed by atoms with Crippen molar-refractivity contribution in [3.8, 4) is 5.75 Å². The van der Waals surface area contributed by atoms with E-state index in [-0.39, 0.29) is 0 Å². The quantitative estimate of drug-likeness (QED) is 0.861. The maximum Gasteiger partial charge on any atom is 0.278 e. The van der Waals surface area contributed by atoms with Crippen LogP contribution in [0.15, 0.2) is 24.3 Å². The van der Waals surface area contributed by atoms with Crippen LogP contribution in [0.3, 0.4) is 0 Å². The second kappa shape index (κ2) is 4.37. The monoisotopic (exact) mass is 229 g/mol. The van der Waals surface area contributed by atoms with Crippen LogP contribution in [0.2, 0.25) is 0 Å². The predicted octanol–water partition coefficient (Wildman–Crippen LogP) is 2.91. The molecule has 0 atom stereocenters. The molecule has 0 heterocycles. The lowest BCUT2D eigenvalue weighted by Gasteiger charge is -2.19. The van der Waals surface area contributed by atoms with Crippen molar-refractivity contribution >= 4 is 0 Å². The van der Waals surface area contributed by atoms with E-state index in [1.807, 2.05) is 13.8 Å². The van der Waals surface area contributed by atoms with Crippen LogP contribution in [-0.4, -0.2) is 12.5 Å². The summed E-state index contributed by atoms with van der Waals surface area (Å²) in [6.07, 6.45) is 0. The summed E-state index contributed by atoms with van der Waals surface area (Å²) in [4.78, 5) is 0. The first-order chi connectivity index (χ1) is 7.18. The van der Waals surface area contributed by atoms with Crippen LogP contribution in [0.25, 0.3) is 0 Å². The number of nitrogens with two attached hydrogens (primary N) is 1. The maximum atomic E-state index is 12.5. The Morgan fingerprint density at radius 1 is 1.12 bits per heavy atom. The molecule has 0 spiro atoms. The molecule has 4 heteroatoms. The Bertz CT molecular complexity index is 336. The zero-order chi connectivity index (χ0) is 12.4. The van der Waals surface area contributed by atoms with Crippen molar-refractivity contribution in [1.82, 2.24) is 0 Å². The highest BCUT2D eigenvalue weighted by Crippen LogP contribution is 2.21. The fourth-order valence-electron chi connectivity index (χ4n) is 1.19. The average molecular weight is 229 g/mol. The van der Waals surface area contributed by atoms with Crippen molar-refractivity contribution in [2.45, 2.75) is 32.2 Å². The molecule has 0 bridgehead atoms. The Balaban J connectivity index is 2.66. The second-order valence-electron chi connectivity index (χ2n) is 4.60.